The van der Waals surface area contributed by atoms with E-state index in [1.54, 1.807) is 29.5 Å². The Balaban J connectivity index is 1.64. The van der Waals surface area contributed by atoms with Crippen molar-refractivity contribution < 1.29 is 13.2 Å². The number of hydrogen-bond acceptors (Lipinski definition) is 5. The molecule has 0 radical (unpaired) electrons. The van der Waals surface area contributed by atoms with Crippen LogP contribution in [0.25, 0.3) is 4.96 Å². The van der Waals surface area contributed by atoms with Gasteiger partial charge in [-0.1, -0.05) is 17.7 Å². The summed E-state index contributed by atoms with van der Waals surface area (Å²) in [5.41, 5.74) is 2.51. The van der Waals surface area contributed by atoms with Crippen LogP contribution in [0.2, 0.25) is 5.15 Å². The Morgan fingerprint density at radius 3 is 2.92 bits per heavy atom. The van der Waals surface area contributed by atoms with E-state index in [9.17, 15) is 13.2 Å². The van der Waals surface area contributed by atoms with Crippen molar-refractivity contribution in [1.29, 1.82) is 0 Å². The summed E-state index contributed by atoms with van der Waals surface area (Å²) >= 11 is 7.35. The molecule has 26 heavy (non-hydrogen) atoms. The lowest BCUT2D eigenvalue weighted by molar-refractivity contribution is -0.129. The third kappa shape index (κ3) is 2.95. The number of imidazole rings is 1. The average Bonchev–Trinajstić information content (AvgIpc) is 3.13. The topological polar surface area (TPSA) is 83.8 Å². The van der Waals surface area contributed by atoms with Crippen molar-refractivity contribution in [2.24, 2.45) is 0 Å². The maximum absolute atomic E-state index is 12.8. The number of carbonyl (C=O) groups is 1. The minimum atomic E-state index is -3.89. The Hall–Kier alpha value is -2.10. The van der Waals surface area contributed by atoms with Gasteiger partial charge in [0.25, 0.3) is 10.0 Å². The maximum atomic E-state index is 12.8. The Bertz CT molecular complexity index is 1120. The second-order valence-corrected chi connectivity index (χ2v) is 8.87. The number of hydrogen-bond donors (Lipinski definition) is 1. The summed E-state index contributed by atoms with van der Waals surface area (Å²) in [7, 11) is -3.89. The lowest BCUT2D eigenvalue weighted by Gasteiger charge is -2.28. The minimum Gasteiger partial charge on any atom is -0.338 e. The standard InChI is InChI=1S/C16H15ClN4O3S2/c1-10(22)20-5-4-11-8-13(3-2-12(11)9-20)19-26(23,24)15-14(17)18-16-21(15)6-7-25-16/h2-3,6-8,19H,4-5,9H2,1H3. The number of nitrogens with zero attached hydrogens (tertiary/aromatic N) is 3. The number of benzene rings is 1. The molecule has 0 aliphatic carbocycles. The molecule has 10 heteroatoms. The van der Waals surface area contributed by atoms with E-state index in [1.807, 2.05) is 12.1 Å². The Morgan fingerprint density at radius 2 is 2.15 bits per heavy atom. The molecule has 0 atom stereocenters. The first kappa shape index (κ1) is 17.3. The molecule has 0 spiro atoms. The molecule has 3 aromatic rings. The molecule has 1 aliphatic rings. The summed E-state index contributed by atoms with van der Waals surface area (Å²) in [6.07, 6.45) is 2.31. The number of anilines is 1. The summed E-state index contributed by atoms with van der Waals surface area (Å²) in [5.74, 6) is 0.0376. The van der Waals surface area contributed by atoms with E-state index in [0.717, 1.165) is 11.1 Å². The highest BCUT2D eigenvalue weighted by Crippen LogP contribution is 2.28. The quantitative estimate of drug-likeness (QED) is 0.719. The van der Waals surface area contributed by atoms with Crippen LogP contribution in [0.5, 0.6) is 0 Å². The predicted octanol–water partition coefficient (Wildman–Crippen LogP) is 2.75. The van der Waals surface area contributed by atoms with E-state index in [2.05, 4.69) is 9.71 Å². The van der Waals surface area contributed by atoms with Crippen molar-refractivity contribution in [3.8, 4) is 0 Å². The number of rotatable bonds is 3. The summed E-state index contributed by atoms with van der Waals surface area (Å²) in [5, 5.41) is 1.62. The molecule has 0 unspecified atom stereocenters. The van der Waals surface area contributed by atoms with Gasteiger partial charge in [0.1, 0.15) is 0 Å². The van der Waals surface area contributed by atoms with Gasteiger partial charge in [0.15, 0.2) is 15.1 Å². The zero-order chi connectivity index (χ0) is 18.5. The van der Waals surface area contributed by atoms with Crippen molar-refractivity contribution in [2.45, 2.75) is 24.9 Å². The van der Waals surface area contributed by atoms with E-state index < -0.39 is 10.0 Å². The van der Waals surface area contributed by atoms with Gasteiger partial charge in [0, 0.05) is 37.3 Å². The van der Waals surface area contributed by atoms with Crippen molar-refractivity contribution in [2.75, 3.05) is 11.3 Å². The molecule has 0 saturated carbocycles. The number of fused-ring (bicyclic) bond motifs is 2. The number of carbonyl (C=O) groups excluding carboxylic acids is 1. The van der Waals surface area contributed by atoms with Gasteiger partial charge in [-0.25, -0.2) is 4.98 Å². The van der Waals surface area contributed by atoms with Crippen molar-refractivity contribution in [3.63, 3.8) is 0 Å². The molecule has 1 N–H and O–H groups in total. The average molecular weight is 411 g/mol. The zero-order valence-corrected chi connectivity index (χ0v) is 16.2. The van der Waals surface area contributed by atoms with Crippen LogP contribution in [-0.2, 0) is 27.8 Å². The maximum Gasteiger partial charge on any atom is 0.281 e. The second-order valence-electron chi connectivity index (χ2n) is 6.04. The van der Waals surface area contributed by atoms with E-state index >= 15 is 0 Å². The van der Waals surface area contributed by atoms with Gasteiger partial charge in [-0.05, 0) is 29.7 Å². The summed E-state index contributed by atoms with van der Waals surface area (Å²) in [4.78, 5) is 17.9. The molecule has 3 heterocycles. The predicted molar refractivity (Wildman–Crippen MR) is 100 cm³/mol. The van der Waals surface area contributed by atoms with Crippen LogP contribution in [-0.4, -0.2) is 35.2 Å². The second kappa shape index (κ2) is 6.26. The highest BCUT2D eigenvalue weighted by atomic mass is 35.5. The molecule has 1 amide bonds. The van der Waals surface area contributed by atoms with Gasteiger partial charge in [0.05, 0.1) is 0 Å². The zero-order valence-electron chi connectivity index (χ0n) is 13.8. The summed E-state index contributed by atoms with van der Waals surface area (Å²) < 4.78 is 29.6. The number of thiazole rings is 1. The summed E-state index contributed by atoms with van der Waals surface area (Å²) in [6.45, 7) is 2.72. The number of amides is 1. The van der Waals surface area contributed by atoms with Gasteiger partial charge < -0.3 is 4.90 Å². The van der Waals surface area contributed by atoms with Crippen LogP contribution in [0, 0.1) is 0 Å². The highest BCUT2D eigenvalue weighted by molar-refractivity contribution is 7.92. The minimum absolute atomic E-state index is 0.0376. The fourth-order valence-corrected chi connectivity index (χ4v) is 5.57. The van der Waals surface area contributed by atoms with Crippen LogP contribution in [0.4, 0.5) is 5.69 Å². The van der Waals surface area contributed by atoms with Crippen LogP contribution < -0.4 is 4.72 Å². The smallest absolute Gasteiger partial charge is 0.281 e. The van der Waals surface area contributed by atoms with Crippen LogP contribution >= 0.6 is 22.9 Å². The van der Waals surface area contributed by atoms with E-state index in [1.165, 1.54) is 15.7 Å². The molecule has 136 valence electrons. The van der Waals surface area contributed by atoms with Crippen LogP contribution in [0.15, 0.2) is 34.8 Å². The van der Waals surface area contributed by atoms with Gasteiger partial charge in [-0.3, -0.25) is 13.9 Å². The molecule has 1 aliphatic heterocycles. The van der Waals surface area contributed by atoms with Crippen molar-refractivity contribution in [3.05, 3.63) is 46.1 Å². The largest absolute Gasteiger partial charge is 0.338 e. The molecular weight excluding hydrogens is 396 g/mol. The van der Waals surface area contributed by atoms with Gasteiger partial charge >= 0.3 is 0 Å². The monoisotopic (exact) mass is 410 g/mol. The van der Waals surface area contributed by atoms with Gasteiger partial charge in [-0.2, -0.15) is 8.42 Å². The van der Waals surface area contributed by atoms with E-state index in [0.29, 0.717) is 30.2 Å². The first-order valence-corrected chi connectivity index (χ1v) is 10.6. The Kier molecular flexibility index (Phi) is 4.17. The highest BCUT2D eigenvalue weighted by Gasteiger charge is 2.26. The molecule has 1 aromatic carbocycles. The van der Waals surface area contributed by atoms with Crippen molar-refractivity contribution >= 4 is 49.5 Å². The molecule has 7 nitrogen and oxygen atoms in total. The van der Waals surface area contributed by atoms with Crippen molar-refractivity contribution in [1.82, 2.24) is 14.3 Å². The Labute approximate surface area is 159 Å². The molecule has 2 aromatic heterocycles. The third-order valence-corrected chi connectivity index (χ3v) is 6.88. The molecule has 0 fully saturated rings. The molecular formula is C16H15ClN4O3S2. The number of halogens is 1. The summed E-state index contributed by atoms with van der Waals surface area (Å²) in [6, 6.07) is 5.35. The number of aromatic nitrogens is 2. The molecule has 0 saturated heterocycles. The van der Waals surface area contributed by atoms with E-state index in [-0.39, 0.29) is 16.1 Å². The third-order valence-electron chi connectivity index (χ3n) is 4.35. The Morgan fingerprint density at radius 1 is 1.35 bits per heavy atom. The first-order valence-electron chi connectivity index (χ1n) is 7.86. The number of nitrogens with one attached hydrogen (secondary N) is 1. The van der Waals surface area contributed by atoms with Gasteiger partial charge in [-0.15, -0.1) is 11.3 Å². The van der Waals surface area contributed by atoms with Crippen LogP contribution in [0.3, 0.4) is 0 Å². The SMILES string of the molecule is CC(=O)N1CCc2cc(NS(=O)(=O)c3c(Cl)nc4sccn34)ccc2C1. The van der Waals surface area contributed by atoms with Gasteiger partial charge in [0.2, 0.25) is 5.91 Å². The lowest BCUT2D eigenvalue weighted by Crippen LogP contribution is -2.34. The van der Waals surface area contributed by atoms with Crippen LogP contribution in [0.1, 0.15) is 18.1 Å². The number of sulfonamides is 1. The first-order chi connectivity index (χ1) is 12.3. The van der Waals surface area contributed by atoms with E-state index in [4.69, 9.17) is 11.6 Å². The normalized spacial score (nSPS) is 14.5. The molecule has 4 rings (SSSR count). The fourth-order valence-electron chi connectivity index (χ4n) is 3.07. The molecule has 0 bridgehead atoms. The fraction of sp³-hybridized carbons (Fsp3) is 0.250. The lowest BCUT2D eigenvalue weighted by atomic mass is 9.99.